The summed E-state index contributed by atoms with van der Waals surface area (Å²) >= 11 is 0. The first-order chi connectivity index (χ1) is 12.2. The van der Waals surface area contributed by atoms with Gasteiger partial charge >= 0.3 is 0 Å². The van der Waals surface area contributed by atoms with Gasteiger partial charge in [-0.25, -0.2) is 17.2 Å². The van der Waals surface area contributed by atoms with Gasteiger partial charge in [0.25, 0.3) is 0 Å². The Labute approximate surface area is 151 Å². The first kappa shape index (κ1) is 18.2. The van der Waals surface area contributed by atoms with Gasteiger partial charge in [-0.15, -0.1) is 0 Å². The summed E-state index contributed by atoms with van der Waals surface area (Å²) in [6.45, 7) is 3.94. The zero-order valence-electron chi connectivity index (χ0n) is 14.5. The van der Waals surface area contributed by atoms with Crippen LogP contribution in [0.25, 0.3) is 22.3 Å². The highest BCUT2D eigenvalue weighted by atomic mass is 32.2. The molecule has 0 amide bonds. The standard InChI is InChI=1S/C20H17F2NO2S/c1-12-6-13(2)8-14(7-12)16-4-5-23-11-17(16)15-9-18(21)20(19(22)10-15)26(3,24)25/h4-11H,1-3H3. The van der Waals surface area contributed by atoms with Crippen LogP contribution in [0.4, 0.5) is 8.78 Å². The highest BCUT2D eigenvalue weighted by molar-refractivity contribution is 7.90. The molecule has 0 atom stereocenters. The third-order valence-corrected chi connectivity index (χ3v) is 5.17. The van der Waals surface area contributed by atoms with Crippen molar-refractivity contribution in [3.8, 4) is 22.3 Å². The molecule has 3 aromatic rings. The lowest BCUT2D eigenvalue weighted by Gasteiger charge is -2.13. The van der Waals surface area contributed by atoms with Crippen molar-refractivity contribution in [1.82, 2.24) is 4.98 Å². The van der Waals surface area contributed by atoms with Crippen LogP contribution in [-0.2, 0) is 9.84 Å². The smallest absolute Gasteiger partial charge is 0.181 e. The quantitative estimate of drug-likeness (QED) is 0.668. The van der Waals surface area contributed by atoms with Gasteiger partial charge in [0.15, 0.2) is 9.84 Å². The predicted molar refractivity (Wildman–Crippen MR) is 97.6 cm³/mol. The molecule has 26 heavy (non-hydrogen) atoms. The van der Waals surface area contributed by atoms with E-state index in [0.29, 0.717) is 5.56 Å². The molecule has 0 aliphatic heterocycles. The maximum atomic E-state index is 14.3. The van der Waals surface area contributed by atoms with Gasteiger partial charge in [-0.1, -0.05) is 29.3 Å². The maximum absolute atomic E-state index is 14.3. The molecule has 1 heterocycles. The minimum atomic E-state index is -4.00. The van der Waals surface area contributed by atoms with E-state index in [1.165, 1.54) is 6.20 Å². The van der Waals surface area contributed by atoms with Gasteiger partial charge in [-0.05, 0) is 48.7 Å². The number of aryl methyl sites for hydroxylation is 2. The molecule has 0 bridgehead atoms. The lowest BCUT2D eigenvalue weighted by molar-refractivity contribution is 0.522. The van der Waals surface area contributed by atoms with Crippen LogP contribution in [0.5, 0.6) is 0 Å². The van der Waals surface area contributed by atoms with Crippen LogP contribution in [0.2, 0.25) is 0 Å². The van der Waals surface area contributed by atoms with Gasteiger partial charge in [-0.3, -0.25) is 4.98 Å². The molecule has 6 heteroatoms. The molecule has 0 fully saturated rings. The Morgan fingerprint density at radius 3 is 1.92 bits per heavy atom. The van der Waals surface area contributed by atoms with Crippen molar-refractivity contribution in [2.45, 2.75) is 18.7 Å². The zero-order valence-corrected chi connectivity index (χ0v) is 15.4. The van der Waals surface area contributed by atoms with Crippen LogP contribution in [0, 0.1) is 25.5 Å². The molecule has 134 valence electrons. The van der Waals surface area contributed by atoms with Gasteiger partial charge < -0.3 is 0 Å². The van der Waals surface area contributed by atoms with E-state index in [0.717, 1.165) is 40.6 Å². The zero-order chi connectivity index (χ0) is 19.1. The molecule has 0 saturated heterocycles. The fourth-order valence-electron chi connectivity index (χ4n) is 3.08. The van der Waals surface area contributed by atoms with Crippen LogP contribution >= 0.6 is 0 Å². The molecule has 1 aromatic heterocycles. The number of benzene rings is 2. The average Bonchev–Trinajstić information content (AvgIpc) is 2.52. The highest BCUT2D eigenvalue weighted by Crippen LogP contribution is 2.34. The van der Waals surface area contributed by atoms with Crippen LogP contribution in [0.3, 0.4) is 0 Å². The van der Waals surface area contributed by atoms with Crippen molar-refractivity contribution in [2.24, 2.45) is 0 Å². The monoisotopic (exact) mass is 373 g/mol. The van der Waals surface area contributed by atoms with E-state index in [1.54, 1.807) is 12.3 Å². The van der Waals surface area contributed by atoms with Crippen LogP contribution in [-0.4, -0.2) is 19.7 Å². The summed E-state index contributed by atoms with van der Waals surface area (Å²) in [5.74, 6) is -2.23. The topological polar surface area (TPSA) is 47.0 Å². The molecule has 0 radical (unpaired) electrons. The molecule has 0 aliphatic rings. The van der Waals surface area contributed by atoms with Crippen LogP contribution in [0.1, 0.15) is 11.1 Å². The van der Waals surface area contributed by atoms with E-state index in [1.807, 2.05) is 32.0 Å². The van der Waals surface area contributed by atoms with E-state index >= 15 is 0 Å². The molecule has 0 unspecified atom stereocenters. The first-order valence-electron chi connectivity index (χ1n) is 7.89. The first-order valence-corrected chi connectivity index (χ1v) is 9.78. The highest BCUT2D eigenvalue weighted by Gasteiger charge is 2.22. The second-order valence-corrected chi connectivity index (χ2v) is 8.29. The van der Waals surface area contributed by atoms with Crippen molar-refractivity contribution in [1.29, 1.82) is 0 Å². The largest absolute Gasteiger partial charge is 0.264 e. The number of sulfone groups is 1. The number of hydrogen-bond acceptors (Lipinski definition) is 3. The Kier molecular flexibility index (Phi) is 4.63. The maximum Gasteiger partial charge on any atom is 0.181 e. The van der Waals surface area contributed by atoms with E-state index in [-0.39, 0.29) is 5.56 Å². The van der Waals surface area contributed by atoms with E-state index in [9.17, 15) is 17.2 Å². The Morgan fingerprint density at radius 2 is 1.38 bits per heavy atom. The van der Waals surface area contributed by atoms with Crippen molar-refractivity contribution in [3.63, 3.8) is 0 Å². The normalized spacial score (nSPS) is 11.6. The minimum Gasteiger partial charge on any atom is -0.264 e. The number of hydrogen-bond donors (Lipinski definition) is 0. The van der Waals surface area contributed by atoms with Gasteiger partial charge in [-0.2, -0.15) is 0 Å². The molecule has 0 aliphatic carbocycles. The third kappa shape index (κ3) is 3.51. The van der Waals surface area contributed by atoms with Crippen molar-refractivity contribution in [2.75, 3.05) is 6.26 Å². The molecular weight excluding hydrogens is 356 g/mol. The fourth-order valence-corrected chi connectivity index (χ4v) is 3.90. The predicted octanol–water partition coefficient (Wildman–Crippen LogP) is 4.71. The van der Waals surface area contributed by atoms with E-state index in [4.69, 9.17) is 0 Å². The Morgan fingerprint density at radius 1 is 0.846 bits per heavy atom. The summed E-state index contributed by atoms with van der Waals surface area (Å²) in [6, 6.07) is 9.81. The number of pyridine rings is 1. The summed E-state index contributed by atoms with van der Waals surface area (Å²) in [7, 11) is -4.00. The van der Waals surface area contributed by atoms with Gasteiger partial charge in [0.1, 0.15) is 16.5 Å². The molecule has 0 N–H and O–H groups in total. The number of halogens is 2. The number of rotatable bonds is 3. The summed E-state index contributed by atoms with van der Waals surface area (Å²) in [5.41, 5.74) is 4.54. The second kappa shape index (κ2) is 6.61. The van der Waals surface area contributed by atoms with Crippen molar-refractivity contribution in [3.05, 3.63) is 71.6 Å². The van der Waals surface area contributed by atoms with Gasteiger partial charge in [0.2, 0.25) is 0 Å². The van der Waals surface area contributed by atoms with Crippen LogP contribution in [0.15, 0.2) is 53.7 Å². The Hall–Kier alpha value is -2.60. The van der Waals surface area contributed by atoms with E-state index < -0.39 is 26.4 Å². The molecule has 3 rings (SSSR count). The molecule has 0 saturated carbocycles. The Balaban J connectivity index is 2.24. The lowest BCUT2D eigenvalue weighted by atomic mass is 9.94. The number of aromatic nitrogens is 1. The molecule has 2 aromatic carbocycles. The van der Waals surface area contributed by atoms with Crippen molar-refractivity contribution < 1.29 is 17.2 Å². The number of nitrogens with zero attached hydrogens (tertiary/aromatic N) is 1. The lowest BCUT2D eigenvalue weighted by Crippen LogP contribution is -2.05. The molecule has 3 nitrogen and oxygen atoms in total. The summed E-state index contributed by atoms with van der Waals surface area (Å²) in [4.78, 5) is 3.14. The minimum absolute atomic E-state index is 0.231. The third-order valence-electron chi connectivity index (χ3n) is 4.03. The summed E-state index contributed by atoms with van der Waals surface area (Å²) in [5, 5.41) is 0. The SMILES string of the molecule is Cc1cc(C)cc(-c2ccncc2-c2cc(F)c(S(C)(=O)=O)c(F)c2)c1. The van der Waals surface area contributed by atoms with Crippen LogP contribution < -0.4 is 0 Å². The summed E-state index contributed by atoms with van der Waals surface area (Å²) < 4.78 is 51.8. The fraction of sp³-hybridized carbons (Fsp3) is 0.150. The van der Waals surface area contributed by atoms with Crippen molar-refractivity contribution >= 4 is 9.84 Å². The second-order valence-electron chi connectivity index (χ2n) is 6.34. The van der Waals surface area contributed by atoms with E-state index in [2.05, 4.69) is 4.98 Å². The average molecular weight is 373 g/mol. The Bertz CT molecular complexity index is 1070. The van der Waals surface area contributed by atoms with Gasteiger partial charge in [0.05, 0.1) is 0 Å². The summed E-state index contributed by atoms with van der Waals surface area (Å²) in [6.07, 6.45) is 3.90. The molecule has 0 spiro atoms. The molecular formula is C20H17F2NO2S. The van der Waals surface area contributed by atoms with Gasteiger partial charge in [0, 0.05) is 24.2 Å².